The minimum atomic E-state index is -1.50. The molecule has 3 aromatic carbocycles. The fourth-order valence-corrected chi connectivity index (χ4v) is 4.83. The van der Waals surface area contributed by atoms with Crippen molar-refractivity contribution in [3.8, 4) is 0 Å². The summed E-state index contributed by atoms with van der Waals surface area (Å²) in [5, 5.41) is 66.1. The third kappa shape index (κ3) is 9.39. The molecule has 0 aliphatic carbocycles. The molecule has 4 rings (SSSR count). The van der Waals surface area contributed by atoms with Crippen molar-refractivity contribution in [2.24, 2.45) is 0 Å². The summed E-state index contributed by atoms with van der Waals surface area (Å²) in [5.74, 6) is -0.236. The smallest absolute Gasteiger partial charge is 0.230 e. The van der Waals surface area contributed by atoms with E-state index in [1.165, 1.54) is 12.1 Å². The minimum Gasteiger partial charge on any atom is -0.393 e. The van der Waals surface area contributed by atoms with Gasteiger partial charge in [-0.2, -0.15) is 0 Å². The number of aryl methyl sites for hydroxylation is 2. The first-order valence-electron chi connectivity index (χ1n) is 14.8. The van der Waals surface area contributed by atoms with Crippen molar-refractivity contribution in [2.75, 3.05) is 31.3 Å². The summed E-state index contributed by atoms with van der Waals surface area (Å²) < 4.78 is 12.4. The number of hydrogen-bond acceptors (Lipinski definition) is 8. The van der Waals surface area contributed by atoms with Crippen LogP contribution in [0.1, 0.15) is 67.0 Å². The topological polar surface area (TPSA) is 162 Å². The van der Waals surface area contributed by atoms with E-state index in [0.29, 0.717) is 25.7 Å². The fourth-order valence-electron chi connectivity index (χ4n) is 4.83. The Kier molecular flexibility index (Phi) is 13.0. The highest BCUT2D eigenvalue weighted by molar-refractivity contribution is 6.01. The largest absolute Gasteiger partial charge is 0.393 e. The van der Waals surface area contributed by atoms with Crippen LogP contribution in [0.5, 0.6) is 0 Å². The van der Waals surface area contributed by atoms with Gasteiger partial charge in [-0.3, -0.25) is 4.79 Å². The molecular formula is C34H44FNO8. The molecule has 0 spiro atoms. The van der Waals surface area contributed by atoms with Crippen LogP contribution < -0.4 is 4.90 Å². The Morgan fingerprint density at radius 1 is 0.773 bits per heavy atom. The van der Waals surface area contributed by atoms with E-state index in [9.17, 15) is 44.9 Å². The van der Waals surface area contributed by atoms with E-state index in [4.69, 9.17) is 0 Å². The Balaban J connectivity index is 0.000000404. The van der Waals surface area contributed by atoms with Crippen molar-refractivity contribution in [1.82, 2.24) is 0 Å². The number of benzene rings is 3. The molecular weight excluding hydrogens is 569 g/mol. The molecule has 10 heteroatoms. The van der Waals surface area contributed by atoms with Gasteiger partial charge in [0.15, 0.2) is 0 Å². The number of β-lactam (4-membered cyclic amide) rings is 1. The number of carbonyl (C=O) groups excluding carboxylic acids is 1. The van der Waals surface area contributed by atoms with Gasteiger partial charge in [0.2, 0.25) is 5.91 Å². The Bertz CT molecular complexity index is 1290. The predicted molar refractivity (Wildman–Crippen MR) is 164 cm³/mol. The van der Waals surface area contributed by atoms with Gasteiger partial charge in [0.05, 0.1) is 45.0 Å². The van der Waals surface area contributed by atoms with E-state index < -0.39 is 43.7 Å². The van der Waals surface area contributed by atoms with E-state index >= 15 is 0 Å². The lowest BCUT2D eigenvalue weighted by molar-refractivity contribution is -0.124. The number of anilines is 1. The maximum atomic E-state index is 12.4. The van der Waals surface area contributed by atoms with Gasteiger partial charge in [-0.25, -0.2) is 4.39 Å². The Morgan fingerprint density at radius 3 is 1.64 bits per heavy atom. The molecule has 240 valence electrons. The second kappa shape index (κ2) is 16.2. The van der Waals surface area contributed by atoms with Crippen LogP contribution in [0.3, 0.4) is 0 Å². The first-order chi connectivity index (χ1) is 21.0. The van der Waals surface area contributed by atoms with Gasteiger partial charge in [0, 0.05) is 5.69 Å². The number of rotatable bonds is 14. The Hall–Kier alpha value is -3.22. The molecule has 2 unspecified atom stereocenters. The third-order valence-electron chi connectivity index (χ3n) is 8.10. The second-order valence-corrected chi connectivity index (χ2v) is 11.4. The summed E-state index contributed by atoms with van der Waals surface area (Å²) in [4.78, 5) is 14.1. The van der Waals surface area contributed by atoms with Crippen molar-refractivity contribution >= 4 is 11.6 Å². The van der Waals surface area contributed by atoms with Gasteiger partial charge >= 0.3 is 0 Å². The van der Waals surface area contributed by atoms with E-state index in [1.54, 1.807) is 17.0 Å². The first-order valence-corrected chi connectivity index (χ1v) is 14.8. The van der Waals surface area contributed by atoms with Gasteiger partial charge in [0.25, 0.3) is 0 Å². The lowest BCUT2D eigenvalue weighted by Crippen LogP contribution is -2.46. The summed E-state index contributed by atoms with van der Waals surface area (Å²) in [6.07, 6.45) is 2.07. The molecule has 7 N–H and O–H groups in total. The number of nitrogens with zero attached hydrogens (tertiary/aromatic N) is 1. The molecule has 1 amide bonds. The van der Waals surface area contributed by atoms with Crippen molar-refractivity contribution in [1.29, 1.82) is 0 Å². The lowest BCUT2D eigenvalue weighted by atomic mass is 9.90. The molecule has 1 fully saturated rings. The highest BCUT2D eigenvalue weighted by Gasteiger charge is 2.38. The van der Waals surface area contributed by atoms with E-state index in [1.807, 2.05) is 55.5 Å². The Labute approximate surface area is 257 Å². The van der Waals surface area contributed by atoms with Crippen molar-refractivity contribution in [3.05, 3.63) is 101 Å². The summed E-state index contributed by atoms with van der Waals surface area (Å²) in [6.45, 7) is -0.122. The number of aliphatic hydroxyl groups excluding tert-OH is 5. The average molecular weight is 614 g/mol. The standard InChI is InChI=1S/C25H33NO7.C9H11FO/c27-14-24(32,15-28)11-9-18-1-5-20(6-2-18)22-13-23(31)26(22)21-7-3-19(4-8-21)10-12-25(33,16-29)17-30;1-2-9(11)7-3-5-8(10)6-4-7/h1-8,22,27-30,32-33H,9-17H2;3-6,9,11H,2H2,1H3. The molecule has 44 heavy (non-hydrogen) atoms. The van der Waals surface area contributed by atoms with Crippen LogP contribution in [0.25, 0.3) is 0 Å². The third-order valence-corrected chi connectivity index (χ3v) is 8.10. The maximum Gasteiger partial charge on any atom is 0.230 e. The fraction of sp³-hybridized carbons (Fsp3) is 0.441. The van der Waals surface area contributed by atoms with Crippen LogP contribution in [0.4, 0.5) is 10.1 Å². The maximum absolute atomic E-state index is 12.4. The molecule has 0 bridgehead atoms. The van der Waals surface area contributed by atoms with Crippen molar-refractivity contribution in [3.63, 3.8) is 0 Å². The second-order valence-electron chi connectivity index (χ2n) is 11.4. The average Bonchev–Trinajstić information content (AvgIpc) is 3.06. The van der Waals surface area contributed by atoms with Gasteiger partial charge in [-0.05, 0) is 78.6 Å². The molecule has 1 heterocycles. The Morgan fingerprint density at radius 2 is 1.23 bits per heavy atom. The van der Waals surface area contributed by atoms with Crippen LogP contribution in [0.2, 0.25) is 0 Å². The summed E-state index contributed by atoms with van der Waals surface area (Å²) in [5.41, 5.74) is 1.45. The number of amides is 1. The summed E-state index contributed by atoms with van der Waals surface area (Å²) in [7, 11) is 0. The SMILES string of the molecule is CCC(O)c1ccc(F)cc1.O=C1CC(c2ccc(CCC(O)(CO)CO)cc2)N1c1ccc(CCC(O)(CO)CO)cc1. The quantitative estimate of drug-likeness (QED) is 0.137. The number of aliphatic hydroxyl groups is 7. The zero-order chi connectivity index (χ0) is 32.3. The first kappa shape index (κ1) is 35.3. The predicted octanol–water partition coefficient (Wildman–Crippen LogP) is 2.73. The molecule has 0 radical (unpaired) electrons. The molecule has 1 saturated heterocycles. The number of carbonyl (C=O) groups is 1. The molecule has 2 atom stereocenters. The van der Waals surface area contributed by atoms with Crippen LogP contribution >= 0.6 is 0 Å². The number of halogens is 1. The highest BCUT2D eigenvalue weighted by atomic mass is 19.1. The van der Waals surface area contributed by atoms with Gasteiger partial charge < -0.3 is 40.6 Å². The van der Waals surface area contributed by atoms with Gasteiger partial charge in [-0.15, -0.1) is 0 Å². The minimum absolute atomic E-state index is 0.0303. The van der Waals surface area contributed by atoms with Gasteiger partial charge in [-0.1, -0.05) is 55.5 Å². The van der Waals surface area contributed by atoms with E-state index in [-0.39, 0.29) is 30.6 Å². The van der Waals surface area contributed by atoms with Crippen LogP contribution in [-0.2, 0) is 17.6 Å². The monoisotopic (exact) mass is 613 g/mol. The zero-order valence-electron chi connectivity index (χ0n) is 25.0. The van der Waals surface area contributed by atoms with Crippen LogP contribution in [0.15, 0.2) is 72.8 Å². The molecule has 0 aromatic heterocycles. The molecule has 3 aromatic rings. The lowest BCUT2D eigenvalue weighted by Gasteiger charge is -2.41. The van der Waals surface area contributed by atoms with Crippen molar-refractivity contribution < 1.29 is 44.9 Å². The number of hydrogen-bond donors (Lipinski definition) is 7. The molecule has 0 saturated carbocycles. The summed E-state index contributed by atoms with van der Waals surface area (Å²) in [6, 6.07) is 21.1. The zero-order valence-corrected chi connectivity index (χ0v) is 25.0. The molecule has 9 nitrogen and oxygen atoms in total. The van der Waals surface area contributed by atoms with E-state index in [2.05, 4.69) is 0 Å². The molecule has 1 aliphatic rings. The van der Waals surface area contributed by atoms with E-state index in [0.717, 1.165) is 27.9 Å². The van der Waals surface area contributed by atoms with Gasteiger partial charge in [0.1, 0.15) is 17.0 Å². The summed E-state index contributed by atoms with van der Waals surface area (Å²) >= 11 is 0. The van der Waals surface area contributed by atoms with Crippen LogP contribution in [-0.4, -0.2) is 79.3 Å². The van der Waals surface area contributed by atoms with Crippen LogP contribution in [0, 0.1) is 5.82 Å². The molecule has 1 aliphatic heterocycles. The highest BCUT2D eigenvalue weighted by Crippen LogP contribution is 2.39. The normalized spacial score (nSPS) is 15.8. The van der Waals surface area contributed by atoms with Crippen molar-refractivity contribution in [2.45, 2.75) is 68.8 Å².